The number of hydrogen-bond donors (Lipinski definition) is 0. The molecule has 1 saturated carbocycles. The summed E-state index contributed by atoms with van der Waals surface area (Å²) < 4.78 is 43.6. The molecule has 0 atom stereocenters. The molecular formula is C23H22F2N6O2. The molecule has 4 aromatic rings. The number of halogens is 2. The second-order valence-electron chi connectivity index (χ2n) is 7.98. The van der Waals surface area contributed by atoms with E-state index >= 15 is 0 Å². The molecule has 1 fully saturated rings. The zero-order valence-electron chi connectivity index (χ0n) is 18.4. The molecule has 3 aromatic heterocycles. The van der Waals surface area contributed by atoms with Gasteiger partial charge in [-0.15, -0.1) is 0 Å². The third-order valence-corrected chi connectivity index (χ3v) is 5.62. The Kier molecular flexibility index (Phi) is 5.27. The summed E-state index contributed by atoms with van der Waals surface area (Å²) in [5.41, 5.74) is 2.60. The van der Waals surface area contributed by atoms with E-state index in [-0.39, 0.29) is 11.5 Å². The van der Waals surface area contributed by atoms with Gasteiger partial charge in [0.1, 0.15) is 16.7 Å². The van der Waals surface area contributed by atoms with E-state index in [0.717, 1.165) is 24.5 Å². The van der Waals surface area contributed by atoms with Crippen LogP contribution in [0.25, 0.3) is 22.4 Å². The topological polar surface area (TPSA) is 79.3 Å². The molecule has 5 rings (SSSR count). The van der Waals surface area contributed by atoms with Crippen LogP contribution < -0.4 is 15.0 Å². The van der Waals surface area contributed by atoms with Gasteiger partial charge in [-0.1, -0.05) is 0 Å². The summed E-state index contributed by atoms with van der Waals surface area (Å²) in [6.45, 7) is 0.617. The lowest BCUT2D eigenvalue weighted by Crippen LogP contribution is -2.23. The molecule has 0 spiro atoms. The molecule has 10 heteroatoms. The molecule has 170 valence electrons. The average molecular weight is 452 g/mol. The molecule has 0 saturated heterocycles. The highest BCUT2D eigenvalue weighted by Gasteiger charge is 2.24. The maximum absolute atomic E-state index is 15.0. The SMILES string of the molecule is COc1cc(OC)c(F)c(/N=c2\ccc3ncc(-c4cnn(C)c4)nc3n2CC2CC2)c1F. The lowest BCUT2D eigenvalue weighted by atomic mass is 10.2. The molecule has 0 unspecified atom stereocenters. The predicted octanol–water partition coefficient (Wildman–Crippen LogP) is 3.77. The molecule has 0 aliphatic heterocycles. The van der Waals surface area contributed by atoms with E-state index in [1.807, 2.05) is 17.8 Å². The molecule has 3 heterocycles. The van der Waals surface area contributed by atoms with E-state index in [9.17, 15) is 8.78 Å². The maximum atomic E-state index is 15.0. The van der Waals surface area contributed by atoms with Crippen molar-refractivity contribution in [3.05, 3.63) is 53.9 Å². The van der Waals surface area contributed by atoms with Crippen LogP contribution >= 0.6 is 0 Å². The fourth-order valence-electron chi connectivity index (χ4n) is 3.67. The van der Waals surface area contributed by atoms with E-state index in [4.69, 9.17) is 14.5 Å². The number of fused-ring (bicyclic) bond motifs is 1. The summed E-state index contributed by atoms with van der Waals surface area (Å²) in [4.78, 5) is 13.7. The molecule has 8 nitrogen and oxygen atoms in total. The first-order chi connectivity index (χ1) is 16.0. The van der Waals surface area contributed by atoms with Crippen LogP contribution in [0.1, 0.15) is 12.8 Å². The van der Waals surface area contributed by atoms with Crippen LogP contribution in [0, 0.1) is 17.6 Å². The zero-order chi connectivity index (χ0) is 23.1. The molecule has 1 aromatic carbocycles. The summed E-state index contributed by atoms with van der Waals surface area (Å²) in [6.07, 6.45) is 7.40. The van der Waals surface area contributed by atoms with Crippen molar-refractivity contribution in [1.82, 2.24) is 24.3 Å². The van der Waals surface area contributed by atoms with Gasteiger partial charge in [-0.25, -0.2) is 18.8 Å². The van der Waals surface area contributed by atoms with Gasteiger partial charge < -0.3 is 14.0 Å². The van der Waals surface area contributed by atoms with Gasteiger partial charge in [0.05, 0.1) is 32.3 Å². The highest BCUT2D eigenvalue weighted by atomic mass is 19.1. The van der Waals surface area contributed by atoms with Crippen molar-refractivity contribution < 1.29 is 18.3 Å². The molecule has 1 aliphatic rings. The quantitative estimate of drug-likeness (QED) is 0.445. The Labute approximate surface area is 188 Å². The summed E-state index contributed by atoms with van der Waals surface area (Å²) in [6, 6.07) is 4.59. The second-order valence-corrected chi connectivity index (χ2v) is 7.98. The van der Waals surface area contributed by atoms with Gasteiger partial charge in [0, 0.05) is 31.4 Å². The number of benzene rings is 1. The first-order valence-corrected chi connectivity index (χ1v) is 10.5. The molecule has 0 radical (unpaired) electrons. The van der Waals surface area contributed by atoms with Crippen molar-refractivity contribution >= 4 is 16.9 Å². The number of hydrogen-bond acceptors (Lipinski definition) is 6. The third-order valence-electron chi connectivity index (χ3n) is 5.62. The number of pyridine rings is 1. The van der Waals surface area contributed by atoms with Crippen LogP contribution in [0.5, 0.6) is 11.5 Å². The van der Waals surface area contributed by atoms with Crippen molar-refractivity contribution in [3.8, 4) is 22.8 Å². The number of methoxy groups -OCH3 is 2. The number of aryl methyl sites for hydroxylation is 1. The smallest absolute Gasteiger partial charge is 0.193 e. The fraction of sp³-hybridized carbons (Fsp3) is 0.304. The molecular weight excluding hydrogens is 430 g/mol. The second kappa shape index (κ2) is 8.27. The minimum absolute atomic E-state index is 0.153. The van der Waals surface area contributed by atoms with Crippen molar-refractivity contribution in [2.24, 2.45) is 18.0 Å². The lowest BCUT2D eigenvalue weighted by molar-refractivity contribution is 0.359. The molecule has 1 aliphatic carbocycles. The molecule has 33 heavy (non-hydrogen) atoms. The Morgan fingerprint density at radius 3 is 2.42 bits per heavy atom. The van der Waals surface area contributed by atoms with Gasteiger partial charge in [0.15, 0.2) is 28.8 Å². The Bertz CT molecular complexity index is 1400. The first kappa shape index (κ1) is 21.0. The van der Waals surface area contributed by atoms with E-state index in [1.165, 1.54) is 14.2 Å². The van der Waals surface area contributed by atoms with Crippen LogP contribution in [0.3, 0.4) is 0 Å². The number of rotatable bonds is 6. The van der Waals surface area contributed by atoms with Crippen molar-refractivity contribution in [2.45, 2.75) is 19.4 Å². The van der Waals surface area contributed by atoms with E-state index in [2.05, 4.69) is 15.1 Å². The van der Waals surface area contributed by atoms with Crippen molar-refractivity contribution in [1.29, 1.82) is 0 Å². The van der Waals surface area contributed by atoms with E-state index < -0.39 is 17.3 Å². The fourth-order valence-corrected chi connectivity index (χ4v) is 3.67. The number of nitrogens with zero attached hydrogens (tertiary/aromatic N) is 6. The summed E-state index contributed by atoms with van der Waals surface area (Å²) in [5.74, 6) is -1.65. The average Bonchev–Trinajstić information content (AvgIpc) is 3.54. The standard InChI is InChI=1S/C23H22F2N6O2/c1-30-12-14(9-27-30)16-10-26-15-6-7-19(31(23(15)28-16)11-13-4-5-13)29-22-20(24)17(32-2)8-18(33-3)21(22)25/h6-10,12-13H,4-5,11H2,1-3H3/b29-19+. The Morgan fingerprint density at radius 2 is 1.82 bits per heavy atom. The number of ether oxygens (including phenoxy) is 2. The molecule has 0 N–H and O–H groups in total. The minimum atomic E-state index is -0.899. The normalized spacial score (nSPS) is 14.2. The number of aromatic nitrogens is 5. The van der Waals surface area contributed by atoms with Crippen LogP contribution in [-0.2, 0) is 13.6 Å². The van der Waals surface area contributed by atoms with Crippen LogP contribution in [0.2, 0.25) is 0 Å². The Balaban J connectivity index is 1.75. The highest BCUT2D eigenvalue weighted by Crippen LogP contribution is 2.36. The monoisotopic (exact) mass is 452 g/mol. The van der Waals surface area contributed by atoms with Gasteiger partial charge in [-0.2, -0.15) is 5.10 Å². The van der Waals surface area contributed by atoms with Gasteiger partial charge >= 0.3 is 0 Å². The third kappa shape index (κ3) is 3.92. The largest absolute Gasteiger partial charge is 0.493 e. The highest BCUT2D eigenvalue weighted by molar-refractivity contribution is 5.73. The van der Waals surface area contributed by atoms with E-state index in [1.54, 1.807) is 29.2 Å². The van der Waals surface area contributed by atoms with Gasteiger partial charge in [-0.05, 0) is 30.9 Å². The van der Waals surface area contributed by atoms with Crippen LogP contribution in [0.15, 0.2) is 41.8 Å². The Hall–Kier alpha value is -3.82. The zero-order valence-corrected chi connectivity index (χ0v) is 18.4. The molecule has 0 amide bonds. The summed E-state index contributed by atoms with van der Waals surface area (Å²) in [5, 5.41) is 4.20. The van der Waals surface area contributed by atoms with E-state index in [0.29, 0.717) is 34.8 Å². The Morgan fingerprint density at radius 1 is 1.09 bits per heavy atom. The van der Waals surface area contributed by atoms with Crippen molar-refractivity contribution in [3.63, 3.8) is 0 Å². The molecule has 0 bridgehead atoms. The van der Waals surface area contributed by atoms with Crippen LogP contribution in [-0.4, -0.2) is 38.5 Å². The first-order valence-electron chi connectivity index (χ1n) is 10.5. The van der Waals surface area contributed by atoms with Gasteiger partial charge in [-0.3, -0.25) is 9.67 Å². The van der Waals surface area contributed by atoms with Gasteiger partial charge in [0.25, 0.3) is 0 Å². The predicted molar refractivity (Wildman–Crippen MR) is 117 cm³/mol. The summed E-state index contributed by atoms with van der Waals surface area (Å²) >= 11 is 0. The van der Waals surface area contributed by atoms with Crippen molar-refractivity contribution in [2.75, 3.05) is 14.2 Å². The maximum Gasteiger partial charge on any atom is 0.193 e. The van der Waals surface area contributed by atoms with Crippen LogP contribution in [0.4, 0.5) is 14.5 Å². The minimum Gasteiger partial charge on any atom is -0.493 e. The summed E-state index contributed by atoms with van der Waals surface area (Å²) in [7, 11) is 4.44. The lowest BCUT2D eigenvalue weighted by Gasteiger charge is -2.13. The van der Waals surface area contributed by atoms with Gasteiger partial charge in [0.2, 0.25) is 0 Å².